The van der Waals surface area contributed by atoms with E-state index in [-0.39, 0.29) is 38.5 Å². The maximum Gasteiger partial charge on any atom is 0.135 e. The minimum atomic E-state index is -0.575. The van der Waals surface area contributed by atoms with Crippen molar-refractivity contribution < 1.29 is 34.6 Å². The number of rotatable bonds is 10. The molecule has 0 saturated carbocycles. The van der Waals surface area contributed by atoms with Gasteiger partial charge in [0.2, 0.25) is 0 Å². The van der Waals surface area contributed by atoms with Crippen molar-refractivity contribution >= 4 is 44.6 Å². The van der Waals surface area contributed by atoms with E-state index in [9.17, 15) is 0 Å². The first-order valence-electron chi connectivity index (χ1n) is 20.4. The van der Waals surface area contributed by atoms with E-state index >= 15 is 8.78 Å². The number of aromatic nitrogens is 2. The second-order valence-electron chi connectivity index (χ2n) is 16.0. The van der Waals surface area contributed by atoms with Gasteiger partial charge in [0.25, 0.3) is 0 Å². The van der Waals surface area contributed by atoms with Crippen molar-refractivity contribution in [1.29, 1.82) is 0 Å². The standard InChI is InChI=1S/C52H45F2N4O.Pt/c1-7-13-35-22-23-55-50(26-35)58-46-17-9-8-14-40(46)41-21-20-38(30-49(41)58)59-39-25-34(6)24-37(29-39)56-31-57(48-19-11-10-18-47(48)56)52-42(32(2)3)27-36(28-43(52)33(4)5)51-44(53)15-12-16-45(51)54;/h8-12,14-28,31-33H,7,13H2,1-6H3;/q-3;. The van der Waals surface area contributed by atoms with Crippen LogP contribution in [0.1, 0.15) is 75.1 Å². The molecule has 2 aromatic heterocycles. The molecule has 0 spiro atoms. The molecule has 9 rings (SSSR count). The number of para-hydroxylation sites is 3. The summed E-state index contributed by atoms with van der Waals surface area (Å²) in [6.45, 7) is 14.8. The van der Waals surface area contributed by atoms with Crippen molar-refractivity contribution in [3.63, 3.8) is 0 Å². The monoisotopic (exact) mass is 974 g/mol. The van der Waals surface area contributed by atoms with Gasteiger partial charge in [0, 0.05) is 61.3 Å². The van der Waals surface area contributed by atoms with Gasteiger partial charge in [-0.3, -0.25) is 0 Å². The quantitative estimate of drug-likeness (QED) is 0.128. The van der Waals surface area contributed by atoms with E-state index < -0.39 is 11.6 Å². The van der Waals surface area contributed by atoms with Gasteiger partial charge < -0.3 is 19.1 Å². The Morgan fingerprint density at radius 3 is 2.10 bits per heavy atom. The molecule has 0 N–H and O–H groups in total. The Morgan fingerprint density at radius 1 is 0.717 bits per heavy atom. The van der Waals surface area contributed by atoms with Crippen molar-refractivity contribution in [2.75, 3.05) is 9.80 Å². The summed E-state index contributed by atoms with van der Waals surface area (Å²) in [5.41, 5.74) is 10.5. The van der Waals surface area contributed by atoms with Gasteiger partial charge >= 0.3 is 0 Å². The van der Waals surface area contributed by atoms with Crippen LogP contribution in [0.4, 0.5) is 31.5 Å². The van der Waals surface area contributed by atoms with Crippen molar-refractivity contribution in [2.24, 2.45) is 0 Å². The number of ether oxygens (including phenoxy) is 1. The van der Waals surface area contributed by atoms with Gasteiger partial charge in [-0.05, 0) is 100 Å². The summed E-state index contributed by atoms with van der Waals surface area (Å²) in [4.78, 5) is 9.14. The van der Waals surface area contributed by atoms with Gasteiger partial charge in [0.15, 0.2) is 0 Å². The fourth-order valence-electron chi connectivity index (χ4n) is 8.40. The first-order chi connectivity index (χ1) is 28.6. The van der Waals surface area contributed by atoms with Crippen LogP contribution in [0.15, 0.2) is 121 Å². The van der Waals surface area contributed by atoms with E-state index in [0.29, 0.717) is 17.1 Å². The van der Waals surface area contributed by atoms with E-state index in [2.05, 4.69) is 135 Å². The maximum atomic E-state index is 15.2. The SMILES string of the molecule is CCCc1ccnc(-n2c3[c-]c(Oc4[c-]c(N5[CH-]N(c6c(C(C)C)cc(-c7c(F)cccc7F)cc6C(C)C)c6ccccc65)cc(C)c4)ccc3c3ccccc32)c1.[Pt]. The molecule has 8 heteroatoms. The Morgan fingerprint density at radius 2 is 1.40 bits per heavy atom. The molecule has 0 fully saturated rings. The molecule has 0 atom stereocenters. The van der Waals surface area contributed by atoms with Gasteiger partial charge in [-0.25, -0.2) is 13.8 Å². The molecule has 1 aliphatic heterocycles. The predicted octanol–water partition coefficient (Wildman–Crippen LogP) is 14.4. The summed E-state index contributed by atoms with van der Waals surface area (Å²) in [5.74, 6) is 0.945. The topological polar surface area (TPSA) is 33.5 Å². The summed E-state index contributed by atoms with van der Waals surface area (Å²) in [6.07, 6.45) is 3.92. The third-order valence-corrected chi connectivity index (χ3v) is 11.1. The van der Waals surface area contributed by atoms with E-state index in [0.717, 1.165) is 79.9 Å². The maximum absolute atomic E-state index is 15.2. The zero-order valence-electron chi connectivity index (χ0n) is 34.5. The van der Waals surface area contributed by atoms with Gasteiger partial charge in [-0.2, -0.15) is 11.6 Å². The van der Waals surface area contributed by atoms with Crippen LogP contribution < -0.4 is 14.5 Å². The molecule has 0 amide bonds. The van der Waals surface area contributed by atoms with Crippen LogP contribution >= 0.6 is 0 Å². The fourth-order valence-corrected chi connectivity index (χ4v) is 8.40. The molecule has 0 saturated heterocycles. The third kappa shape index (κ3) is 7.38. The number of hydrogen-bond acceptors (Lipinski definition) is 4. The molecule has 0 unspecified atom stereocenters. The summed E-state index contributed by atoms with van der Waals surface area (Å²) in [6, 6.07) is 44.1. The first-order valence-corrected chi connectivity index (χ1v) is 20.4. The minimum Gasteiger partial charge on any atom is -0.509 e. The summed E-state index contributed by atoms with van der Waals surface area (Å²) in [7, 11) is 0. The Kier molecular flexibility index (Phi) is 11.4. The molecule has 60 heavy (non-hydrogen) atoms. The van der Waals surface area contributed by atoms with Crippen LogP contribution in [0, 0.1) is 37.4 Å². The van der Waals surface area contributed by atoms with Crippen LogP contribution in [-0.2, 0) is 27.5 Å². The Bertz CT molecular complexity index is 2830. The van der Waals surface area contributed by atoms with Gasteiger partial charge in [0.1, 0.15) is 17.5 Å². The van der Waals surface area contributed by atoms with Gasteiger partial charge in [0.05, 0.1) is 5.56 Å². The number of halogens is 2. The number of pyridine rings is 1. The van der Waals surface area contributed by atoms with Crippen LogP contribution in [0.2, 0.25) is 0 Å². The largest absolute Gasteiger partial charge is 0.509 e. The Balaban J connectivity index is 0.00000499. The summed E-state index contributed by atoms with van der Waals surface area (Å²) >= 11 is 0. The van der Waals surface area contributed by atoms with Crippen molar-refractivity contribution in [3.8, 4) is 28.4 Å². The molecule has 6 aromatic carbocycles. The van der Waals surface area contributed by atoms with Crippen molar-refractivity contribution in [3.05, 3.63) is 174 Å². The second kappa shape index (κ2) is 16.7. The minimum absolute atomic E-state index is 0. The molecule has 0 aliphatic carbocycles. The van der Waals surface area contributed by atoms with E-state index in [1.807, 2.05) is 42.6 Å². The normalized spacial score (nSPS) is 12.5. The average Bonchev–Trinajstić information content (AvgIpc) is 3.76. The van der Waals surface area contributed by atoms with Crippen LogP contribution in [0.3, 0.4) is 0 Å². The van der Waals surface area contributed by atoms with E-state index in [4.69, 9.17) is 9.72 Å². The zero-order chi connectivity index (χ0) is 40.9. The van der Waals surface area contributed by atoms with Gasteiger partial charge in [-0.1, -0.05) is 89.9 Å². The van der Waals surface area contributed by atoms with E-state index in [1.165, 1.54) is 23.8 Å². The second-order valence-corrected chi connectivity index (χ2v) is 16.0. The predicted molar refractivity (Wildman–Crippen MR) is 236 cm³/mol. The zero-order valence-corrected chi connectivity index (χ0v) is 36.7. The molecule has 306 valence electrons. The summed E-state index contributed by atoms with van der Waals surface area (Å²) in [5, 5.41) is 2.20. The molecule has 8 aromatic rings. The number of fused-ring (bicyclic) bond motifs is 4. The number of hydrogen-bond donors (Lipinski definition) is 0. The Labute approximate surface area is 365 Å². The molecule has 5 nitrogen and oxygen atoms in total. The number of nitrogens with zero attached hydrogens (tertiary/aromatic N) is 4. The van der Waals surface area contributed by atoms with E-state index in [1.54, 1.807) is 0 Å². The fraction of sp³-hybridized carbons (Fsp3) is 0.192. The first kappa shape index (κ1) is 41.0. The third-order valence-electron chi connectivity index (χ3n) is 11.1. The molecule has 1 aliphatic rings. The number of benzene rings is 6. The van der Waals surface area contributed by atoms with Crippen LogP contribution in [-0.4, -0.2) is 9.55 Å². The molecular weight excluding hydrogens is 930 g/mol. The van der Waals surface area contributed by atoms with Crippen LogP contribution in [0.25, 0.3) is 38.8 Å². The average molecular weight is 975 g/mol. The van der Waals surface area contributed by atoms with Gasteiger partial charge in [-0.15, -0.1) is 48.1 Å². The van der Waals surface area contributed by atoms with Crippen molar-refractivity contribution in [1.82, 2.24) is 9.55 Å². The molecule has 3 heterocycles. The van der Waals surface area contributed by atoms with Crippen molar-refractivity contribution in [2.45, 2.75) is 66.2 Å². The Hall–Kier alpha value is -5.78. The number of aryl methyl sites for hydroxylation is 2. The molecular formula is C52H45F2N4OPt-3. The summed E-state index contributed by atoms with van der Waals surface area (Å²) < 4.78 is 39.2. The van der Waals surface area contributed by atoms with Crippen LogP contribution in [0.5, 0.6) is 11.5 Å². The number of anilines is 4. The molecule has 0 radical (unpaired) electrons. The smallest absolute Gasteiger partial charge is 0.135 e. The molecule has 0 bridgehead atoms.